The minimum Gasteiger partial charge on any atom is -0.665 e. The molecule has 0 aliphatic heterocycles. The fourth-order valence-corrected chi connectivity index (χ4v) is 21.4. The van der Waals surface area contributed by atoms with Gasteiger partial charge in [0.2, 0.25) is 0 Å². The summed E-state index contributed by atoms with van der Waals surface area (Å²) in [5, 5.41) is 17.4. The van der Waals surface area contributed by atoms with Gasteiger partial charge in [-0.15, -0.1) is 0 Å². The first-order valence-corrected chi connectivity index (χ1v) is 41.7. The summed E-state index contributed by atoms with van der Waals surface area (Å²) in [6, 6.07) is 52.3. The van der Waals surface area contributed by atoms with Gasteiger partial charge in [0.05, 0.1) is 44.5 Å². The van der Waals surface area contributed by atoms with Crippen molar-refractivity contribution in [2.75, 3.05) is 0 Å². The molecular weight excluding hydrogens is 1770 g/mol. The standard InChI is InChI=1S/C42H39OP.C32H12BF24.C10H12.C6H8N.C4H9N.Mo/c1-28-22-30(3)40(31(4)23-28)38-26-37(27-39(42(38)43)41-32(5)24-29(2)25-33(41)6)44(34-16-10-7-11-17-34,35-18-12-8-13-19-35)36-20-14-9-15-21-36;34-25(35,36)13-1-14(26(37,38)39)6-21(5-13)33(22-7-15(27(40,41)42)2-16(8-22)28(43,44)45,23-9-17(29(46,47)48)3-18(10-23)30(49,50)51)24-11-19(31(52,53)54)4-20(12-24)32(55,56)57;1-10(2,3)9-7-5-4-6-8-9;1-5-3-4-6(2)7-5;1-4(2,3)5;/h7-27H,1-6H3;1-12H;1,4-8H,2-3H3;3-4H,1-2H3;1-3H3;/q;-1;;-1;;/p+1. The molecule has 0 bridgehead atoms. The van der Waals surface area contributed by atoms with Crippen molar-refractivity contribution in [1.29, 1.82) is 0 Å². The topological polar surface area (TPSA) is 46.7 Å². The second-order valence-corrected chi connectivity index (χ2v) is 36.6. The minimum atomic E-state index is -6.13. The number of nitrogens with zero attached hydrogens (tertiary/aromatic N) is 2. The first kappa shape index (κ1) is 97.5. The van der Waals surface area contributed by atoms with E-state index >= 15 is 0 Å². The van der Waals surface area contributed by atoms with Gasteiger partial charge in [-0.25, -0.2) is 0 Å². The van der Waals surface area contributed by atoms with E-state index in [2.05, 4.69) is 243 Å². The maximum atomic E-state index is 14.2. The Balaban J connectivity index is 0.000000227. The third-order valence-corrected chi connectivity index (χ3v) is 27.9. The fraction of sp³-hybridized carbons (Fsp3) is 0.245. The average Bonchev–Trinajstić information content (AvgIpc) is 0.762. The number of halogens is 24. The molecule has 0 unspecified atom stereocenters. The van der Waals surface area contributed by atoms with E-state index in [-0.39, 0.29) is 28.9 Å². The maximum Gasteiger partial charge on any atom is 0.416 e. The van der Waals surface area contributed by atoms with Crippen molar-refractivity contribution in [3.05, 3.63) is 337 Å². The number of rotatable bonds is 12. The van der Waals surface area contributed by atoms with E-state index in [0.29, 0.717) is 5.75 Å². The van der Waals surface area contributed by atoms with Gasteiger partial charge in [-0.05, 0) is 148 Å². The van der Waals surface area contributed by atoms with Crippen molar-refractivity contribution in [3.63, 3.8) is 0 Å². The predicted molar refractivity (Wildman–Crippen MR) is 439 cm³/mol. The summed E-state index contributed by atoms with van der Waals surface area (Å²) < 4.78 is 348. The molecule has 0 aliphatic rings. The number of aromatic nitrogens is 1. The second kappa shape index (κ2) is 36.7. The molecule has 30 heteroatoms. The number of aryl methyl sites for hydroxylation is 8. The van der Waals surface area contributed by atoms with Gasteiger partial charge < -0.3 is 10.1 Å². The molecule has 0 amide bonds. The number of benzene rings is 11. The Morgan fingerprint density at radius 2 is 0.532 bits per heavy atom. The maximum absolute atomic E-state index is 14.2. The SMILES string of the molecule is CC(C)(C)[N]=[Mo]=[CH]C(C)(C)c1ccccc1.Cc1cc(C)c(-c2cc([P+](c3ccccc3)(c3ccccc3)c3ccccc3)cc(-c3c(C)cc(C)cc3C)c2O)c(C)c1.Cc1ccc(C)[n-]1.FC(F)(F)c1cc([B-](c2cc(C(F)(F)F)cc(C(F)(F)F)c2)(c2cc(C(F)(F)F)cc(C(F)(F)F)c2)c2cc(C(F)(F)F)cc(C(F)(F)F)c2)cc(C(F)(F)F)c1. The average molecular weight is 1850 g/mol. The quantitative estimate of drug-likeness (QED) is 0.0753. The van der Waals surface area contributed by atoms with E-state index in [1.807, 2.05) is 26.0 Å². The largest absolute Gasteiger partial charge is 0.665 e. The second-order valence-electron chi connectivity index (χ2n) is 31.6. The van der Waals surface area contributed by atoms with Gasteiger partial charge in [0.25, 0.3) is 0 Å². The number of phenolic OH excluding ortho intramolecular Hbond substituents is 1. The summed E-state index contributed by atoms with van der Waals surface area (Å²) in [5.74, 6) is 0.339. The monoisotopic (exact) mass is 1850 g/mol. The summed E-state index contributed by atoms with van der Waals surface area (Å²) in [4.78, 5) is 4.11. The van der Waals surface area contributed by atoms with Gasteiger partial charge in [-0.3, -0.25) is 0 Å². The zero-order chi connectivity index (χ0) is 92.4. The first-order chi connectivity index (χ1) is 57.1. The first-order valence-electron chi connectivity index (χ1n) is 37.9. The normalized spacial score (nSPS) is 12.8. The Morgan fingerprint density at radius 1 is 0.298 bits per heavy atom. The van der Waals surface area contributed by atoms with Crippen molar-refractivity contribution < 1.29 is 128 Å². The minimum absolute atomic E-state index is 0.117. The molecule has 1 heterocycles. The molecule has 0 spiro atoms. The molecule has 0 saturated heterocycles. The number of alkyl halides is 24. The molecule has 3 nitrogen and oxygen atoms in total. The van der Waals surface area contributed by atoms with E-state index in [0.717, 1.165) is 33.6 Å². The molecule has 1 aromatic heterocycles. The van der Waals surface area contributed by atoms with Crippen LogP contribution in [-0.2, 0) is 72.7 Å². The Kier molecular flexibility index (Phi) is 28.8. The van der Waals surface area contributed by atoms with Crippen LogP contribution in [0, 0.1) is 55.4 Å². The molecule has 124 heavy (non-hydrogen) atoms. The molecule has 12 aromatic rings. The molecule has 11 aromatic carbocycles. The molecule has 1 N–H and O–H groups in total. The Labute approximate surface area is 709 Å². The Bertz CT molecular complexity index is 5180. The molecule has 0 aliphatic carbocycles. The Hall–Kier alpha value is -10.3. The smallest absolute Gasteiger partial charge is 0.416 e. The van der Waals surface area contributed by atoms with Crippen LogP contribution in [0.5, 0.6) is 5.75 Å². The van der Waals surface area contributed by atoms with Gasteiger partial charge in [-0.2, -0.15) is 139 Å². The van der Waals surface area contributed by atoms with Crippen LogP contribution < -0.4 is 48.1 Å². The summed E-state index contributed by atoms with van der Waals surface area (Å²) in [7, 11) is -2.41. The zero-order valence-corrected chi connectivity index (χ0v) is 71.4. The number of hydrogen-bond acceptors (Lipinski definition) is 2. The molecule has 0 fully saturated rings. The van der Waals surface area contributed by atoms with Crippen molar-refractivity contribution in [2.24, 2.45) is 3.50 Å². The molecule has 0 radical (unpaired) electrons. The van der Waals surface area contributed by atoms with Crippen LogP contribution in [-0.4, -0.2) is 21.2 Å². The van der Waals surface area contributed by atoms with Crippen molar-refractivity contribution in [1.82, 2.24) is 4.98 Å². The van der Waals surface area contributed by atoms with Gasteiger partial charge in [0.1, 0.15) is 40.4 Å². The van der Waals surface area contributed by atoms with Crippen LogP contribution in [0.25, 0.3) is 22.3 Å². The van der Waals surface area contributed by atoms with Crippen molar-refractivity contribution >= 4 is 60.9 Å². The van der Waals surface area contributed by atoms with E-state index in [9.17, 15) is 110 Å². The summed E-state index contributed by atoms with van der Waals surface area (Å²) >= 11 is -0.361. The summed E-state index contributed by atoms with van der Waals surface area (Å²) in [6.45, 7) is 28.0. The summed E-state index contributed by atoms with van der Waals surface area (Å²) in [5.41, 5.74) is -15.2. The summed E-state index contributed by atoms with van der Waals surface area (Å²) in [6.07, 6.45) is -54.8. The molecule has 12 rings (SSSR count). The van der Waals surface area contributed by atoms with E-state index in [1.54, 1.807) is 0 Å². The van der Waals surface area contributed by atoms with Crippen LogP contribution in [0.1, 0.15) is 129 Å². The molecular formula is C94H81BF24MoN2OP-. The fourth-order valence-electron chi connectivity index (χ4n) is 15.2. The molecule has 0 saturated carbocycles. The van der Waals surface area contributed by atoms with Gasteiger partial charge in [0, 0.05) is 11.1 Å². The number of hydrogen-bond donors (Lipinski definition) is 1. The van der Waals surface area contributed by atoms with Crippen LogP contribution in [0.3, 0.4) is 0 Å². The third kappa shape index (κ3) is 22.8. The van der Waals surface area contributed by atoms with Crippen LogP contribution in [0.2, 0.25) is 0 Å². The van der Waals surface area contributed by atoms with E-state index in [4.69, 9.17) is 3.50 Å². The zero-order valence-electron chi connectivity index (χ0n) is 68.5. The van der Waals surface area contributed by atoms with E-state index < -0.39 is 202 Å². The van der Waals surface area contributed by atoms with Crippen molar-refractivity contribution in [2.45, 2.75) is 150 Å². The van der Waals surface area contributed by atoms with Gasteiger partial charge in [0.15, 0.2) is 0 Å². The Morgan fingerprint density at radius 3 is 0.742 bits per heavy atom. The number of phenols is 1. The van der Waals surface area contributed by atoms with Crippen molar-refractivity contribution in [3.8, 4) is 28.0 Å². The van der Waals surface area contributed by atoms with Crippen LogP contribution >= 0.6 is 7.26 Å². The van der Waals surface area contributed by atoms with Crippen LogP contribution in [0.15, 0.2) is 246 Å². The van der Waals surface area contributed by atoms with Gasteiger partial charge in [-0.1, -0.05) is 165 Å². The van der Waals surface area contributed by atoms with E-state index in [1.165, 1.54) is 60.2 Å². The third-order valence-electron chi connectivity index (χ3n) is 20.4. The molecule has 0 atom stereocenters. The van der Waals surface area contributed by atoms with Crippen LogP contribution in [0.4, 0.5) is 105 Å². The number of aromatic hydroxyl groups is 1. The van der Waals surface area contributed by atoms with Gasteiger partial charge >= 0.3 is 157 Å². The molecule has 656 valence electrons. The predicted octanol–water partition coefficient (Wildman–Crippen LogP) is 25.5.